The smallest absolute Gasteiger partial charge is 0.308 e. The molecule has 25 heavy (non-hydrogen) atoms. The summed E-state index contributed by atoms with van der Waals surface area (Å²) in [5.41, 5.74) is 2.33. The lowest BCUT2D eigenvalue weighted by atomic mass is 10.1. The molecule has 0 amide bonds. The van der Waals surface area contributed by atoms with Crippen LogP contribution in [0.15, 0.2) is 60.9 Å². The van der Waals surface area contributed by atoms with Crippen molar-refractivity contribution < 1.29 is 13.2 Å². The largest absolute Gasteiger partial charge is 0.416 e. The zero-order chi connectivity index (χ0) is 17.6. The van der Waals surface area contributed by atoms with Crippen molar-refractivity contribution in [1.82, 2.24) is 9.55 Å². The quantitative estimate of drug-likeness (QED) is 0.501. The highest BCUT2D eigenvalue weighted by atomic mass is 19.4. The minimum Gasteiger partial charge on any atom is -0.308 e. The maximum atomic E-state index is 12.7. The van der Waals surface area contributed by atoms with Gasteiger partial charge in [0, 0.05) is 17.3 Å². The van der Waals surface area contributed by atoms with E-state index in [1.165, 1.54) is 18.3 Å². The molecule has 0 aliphatic heterocycles. The monoisotopic (exact) mass is 339 g/mol. The molecule has 124 valence electrons. The highest BCUT2D eigenvalue weighted by Crippen LogP contribution is 2.31. The van der Waals surface area contributed by atoms with Crippen molar-refractivity contribution in [2.75, 3.05) is 0 Å². The van der Waals surface area contributed by atoms with Crippen molar-refractivity contribution in [2.24, 2.45) is 0 Å². The Morgan fingerprint density at radius 2 is 1.72 bits per heavy atom. The first-order valence-electron chi connectivity index (χ1n) is 7.55. The van der Waals surface area contributed by atoms with Gasteiger partial charge in [-0.05, 0) is 47.3 Å². The van der Waals surface area contributed by atoms with E-state index in [1.54, 1.807) is 10.9 Å². The van der Waals surface area contributed by atoms with Crippen LogP contribution in [0, 0.1) is 5.41 Å². The maximum Gasteiger partial charge on any atom is 0.416 e. The van der Waals surface area contributed by atoms with Crippen LogP contribution >= 0.6 is 0 Å². The van der Waals surface area contributed by atoms with Gasteiger partial charge in [-0.2, -0.15) is 13.2 Å². The van der Waals surface area contributed by atoms with Gasteiger partial charge in [0.15, 0.2) is 0 Å². The molecule has 0 saturated heterocycles. The lowest BCUT2D eigenvalue weighted by molar-refractivity contribution is -0.137. The third-order valence-corrected chi connectivity index (χ3v) is 4.20. The summed E-state index contributed by atoms with van der Waals surface area (Å²) in [5.74, 6) is 0. The van der Waals surface area contributed by atoms with Crippen LogP contribution < -0.4 is 0 Å². The van der Waals surface area contributed by atoms with Gasteiger partial charge in [-0.15, -0.1) is 0 Å². The molecule has 3 nitrogen and oxygen atoms in total. The highest BCUT2D eigenvalue weighted by molar-refractivity contribution is 6.05. The standard InChI is InChI=1S/C19H12F3N3/c20-19(21,22)14-3-5-15(6-4-14)25-11-24-18-16-7-1-12(10-23)9-13(16)2-8-17(18)25/h1-11,23H. The Kier molecular flexibility index (Phi) is 3.35. The number of imidazole rings is 1. The van der Waals surface area contributed by atoms with E-state index in [4.69, 9.17) is 5.41 Å². The second kappa shape index (κ2) is 5.44. The van der Waals surface area contributed by atoms with Crippen LogP contribution in [-0.2, 0) is 6.18 Å². The normalized spacial score (nSPS) is 12.0. The summed E-state index contributed by atoms with van der Waals surface area (Å²) in [6.07, 6.45) is -1.46. The van der Waals surface area contributed by atoms with Gasteiger partial charge < -0.3 is 5.41 Å². The molecule has 6 heteroatoms. The van der Waals surface area contributed by atoms with Crippen molar-refractivity contribution in [1.29, 1.82) is 5.41 Å². The van der Waals surface area contributed by atoms with Crippen LogP contribution in [0.25, 0.3) is 27.5 Å². The van der Waals surface area contributed by atoms with Crippen LogP contribution in [0.3, 0.4) is 0 Å². The van der Waals surface area contributed by atoms with E-state index in [0.29, 0.717) is 5.69 Å². The molecule has 1 aromatic heterocycles. The predicted octanol–water partition coefficient (Wildman–Crippen LogP) is 5.20. The van der Waals surface area contributed by atoms with Gasteiger partial charge in [0.2, 0.25) is 0 Å². The molecule has 4 rings (SSSR count). The van der Waals surface area contributed by atoms with E-state index in [-0.39, 0.29) is 0 Å². The van der Waals surface area contributed by atoms with E-state index < -0.39 is 11.7 Å². The van der Waals surface area contributed by atoms with Gasteiger partial charge in [0.1, 0.15) is 6.33 Å². The Bertz CT molecular complexity index is 1090. The van der Waals surface area contributed by atoms with Crippen molar-refractivity contribution in [3.8, 4) is 5.69 Å². The van der Waals surface area contributed by atoms with Crippen LogP contribution in [0.5, 0.6) is 0 Å². The number of fused-ring (bicyclic) bond motifs is 3. The summed E-state index contributed by atoms with van der Waals surface area (Å²) in [6.45, 7) is 0. The van der Waals surface area contributed by atoms with Gasteiger partial charge in [0.05, 0.1) is 16.6 Å². The van der Waals surface area contributed by atoms with Crippen LogP contribution in [0.1, 0.15) is 11.1 Å². The minimum absolute atomic E-state index is 0.617. The van der Waals surface area contributed by atoms with Crippen LogP contribution in [-0.4, -0.2) is 15.8 Å². The lowest BCUT2D eigenvalue weighted by Gasteiger charge is -2.09. The van der Waals surface area contributed by atoms with Crippen LogP contribution in [0.2, 0.25) is 0 Å². The first kappa shape index (κ1) is 15.4. The number of hydrogen-bond donors (Lipinski definition) is 1. The number of nitrogens with zero attached hydrogens (tertiary/aromatic N) is 2. The Morgan fingerprint density at radius 3 is 2.40 bits per heavy atom. The van der Waals surface area contributed by atoms with Gasteiger partial charge in [-0.25, -0.2) is 4.98 Å². The molecule has 0 aliphatic carbocycles. The predicted molar refractivity (Wildman–Crippen MR) is 91.5 cm³/mol. The molecule has 0 fully saturated rings. The number of nitrogens with one attached hydrogen (secondary N) is 1. The second-order valence-electron chi connectivity index (χ2n) is 5.72. The van der Waals surface area contributed by atoms with E-state index in [0.717, 1.165) is 39.5 Å². The summed E-state index contributed by atoms with van der Waals surface area (Å²) in [7, 11) is 0. The minimum atomic E-state index is -4.35. The molecule has 0 radical (unpaired) electrons. The fourth-order valence-corrected chi connectivity index (χ4v) is 2.93. The first-order chi connectivity index (χ1) is 12.0. The topological polar surface area (TPSA) is 41.7 Å². The molecule has 0 bridgehead atoms. The number of rotatable bonds is 2. The van der Waals surface area contributed by atoms with Crippen molar-refractivity contribution in [2.45, 2.75) is 6.18 Å². The Morgan fingerprint density at radius 1 is 0.960 bits per heavy atom. The first-order valence-corrected chi connectivity index (χ1v) is 7.55. The molecular formula is C19H12F3N3. The molecule has 0 atom stereocenters. The number of hydrogen-bond acceptors (Lipinski definition) is 2. The number of aromatic nitrogens is 2. The van der Waals surface area contributed by atoms with Gasteiger partial charge >= 0.3 is 6.18 Å². The number of benzene rings is 3. The molecule has 4 aromatic rings. The zero-order valence-electron chi connectivity index (χ0n) is 12.9. The van der Waals surface area contributed by atoms with E-state index in [1.807, 2.05) is 30.3 Å². The van der Waals surface area contributed by atoms with Gasteiger partial charge in [0.25, 0.3) is 0 Å². The average Bonchev–Trinajstić information content (AvgIpc) is 3.05. The van der Waals surface area contributed by atoms with Crippen molar-refractivity contribution in [3.05, 3.63) is 72.1 Å². The molecule has 0 spiro atoms. The van der Waals surface area contributed by atoms with Crippen molar-refractivity contribution in [3.63, 3.8) is 0 Å². The summed E-state index contributed by atoms with van der Waals surface area (Å²) in [5, 5.41) is 9.24. The summed E-state index contributed by atoms with van der Waals surface area (Å²) < 4.78 is 39.9. The van der Waals surface area contributed by atoms with E-state index in [2.05, 4.69) is 4.98 Å². The van der Waals surface area contributed by atoms with E-state index >= 15 is 0 Å². The Balaban J connectivity index is 1.86. The molecule has 3 aromatic carbocycles. The second-order valence-corrected chi connectivity index (χ2v) is 5.72. The third-order valence-electron chi connectivity index (χ3n) is 4.20. The third kappa shape index (κ3) is 2.55. The Labute approximate surface area is 140 Å². The summed E-state index contributed by atoms with van der Waals surface area (Å²) >= 11 is 0. The maximum absolute atomic E-state index is 12.7. The van der Waals surface area contributed by atoms with E-state index in [9.17, 15) is 13.2 Å². The number of alkyl halides is 3. The highest BCUT2D eigenvalue weighted by Gasteiger charge is 2.30. The fraction of sp³-hybridized carbons (Fsp3) is 0.0526. The molecule has 1 heterocycles. The molecule has 0 saturated carbocycles. The molecular weight excluding hydrogens is 327 g/mol. The average molecular weight is 339 g/mol. The SMILES string of the molecule is N=Cc1ccc2c(ccc3c2ncn3-c2ccc(C(F)(F)F)cc2)c1. The summed E-state index contributed by atoms with van der Waals surface area (Å²) in [6, 6.07) is 14.5. The van der Waals surface area contributed by atoms with Crippen LogP contribution in [0.4, 0.5) is 13.2 Å². The molecule has 1 N–H and O–H groups in total. The fourth-order valence-electron chi connectivity index (χ4n) is 2.93. The molecule has 0 aliphatic rings. The number of halogens is 3. The van der Waals surface area contributed by atoms with Gasteiger partial charge in [-0.1, -0.05) is 18.2 Å². The van der Waals surface area contributed by atoms with Gasteiger partial charge in [-0.3, -0.25) is 4.57 Å². The lowest BCUT2D eigenvalue weighted by Crippen LogP contribution is -2.04. The summed E-state index contributed by atoms with van der Waals surface area (Å²) in [4.78, 5) is 4.43. The Hall–Kier alpha value is -3.15. The zero-order valence-corrected chi connectivity index (χ0v) is 12.9. The molecule has 0 unspecified atom stereocenters. The van der Waals surface area contributed by atoms with Crippen molar-refractivity contribution >= 4 is 28.0 Å².